The number of hydrazone groups is 1. The fraction of sp³-hybridized carbons (Fsp3) is 0.214. The van der Waals surface area contributed by atoms with Crippen molar-refractivity contribution in [1.82, 2.24) is 5.01 Å². The van der Waals surface area contributed by atoms with Crippen LogP contribution in [0.4, 0.5) is 10.1 Å². The highest BCUT2D eigenvalue weighted by atomic mass is 32.2. The zero-order valence-electron chi connectivity index (χ0n) is 20.3. The number of amides is 2. The van der Waals surface area contributed by atoms with Gasteiger partial charge in [-0.3, -0.25) is 9.59 Å². The SMILES string of the molecule is COc1ccccc1NC(=O)CC1SC(N2N=C(c3ccc(F)cc3)CC2c2ccc(C)cc2)=NC1=O. The molecule has 2 amide bonds. The van der Waals surface area contributed by atoms with E-state index in [4.69, 9.17) is 9.84 Å². The minimum atomic E-state index is -0.659. The Hall–Kier alpha value is -3.98. The van der Waals surface area contributed by atoms with E-state index in [0.29, 0.717) is 23.0 Å². The number of para-hydroxylation sites is 2. The van der Waals surface area contributed by atoms with Crippen LogP contribution in [0.15, 0.2) is 82.9 Å². The highest BCUT2D eigenvalue weighted by molar-refractivity contribution is 8.15. The normalized spacial score (nSPS) is 19.0. The molecular formula is C28H25FN4O3S. The van der Waals surface area contributed by atoms with E-state index in [2.05, 4.69) is 10.3 Å². The van der Waals surface area contributed by atoms with Crippen LogP contribution in [0, 0.1) is 12.7 Å². The Labute approximate surface area is 218 Å². The Bertz CT molecular complexity index is 1390. The summed E-state index contributed by atoms with van der Waals surface area (Å²) in [5.41, 5.74) is 4.29. The number of aliphatic imine (C=N–C) groups is 1. The van der Waals surface area contributed by atoms with E-state index in [-0.39, 0.29) is 30.1 Å². The van der Waals surface area contributed by atoms with Crippen LogP contribution in [0.2, 0.25) is 0 Å². The van der Waals surface area contributed by atoms with Gasteiger partial charge in [-0.05, 0) is 42.3 Å². The molecule has 0 bridgehead atoms. The van der Waals surface area contributed by atoms with E-state index in [1.165, 1.54) is 31.0 Å². The molecule has 1 N–H and O–H groups in total. The highest BCUT2D eigenvalue weighted by Crippen LogP contribution is 2.39. The van der Waals surface area contributed by atoms with Crippen molar-refractivity contribution in [2.45, 2.75) is 31.1 Å². The lowest BCUT2D eigenvalue weighted by Crippen LogP contribution is -2.25. The number of carbonyl (C=O) groups is 2. The lowest BCUT2D eigenvalue weighted by atomic mass is 9.98. The molecule has 0 radical (unpaired) electrons. The predicted molar refractivity (Wildman–Crippen MR) is 143 cm³/mol. The molecule has 5 rings (SSSR count). The van der Waals surface area contributed by atoms with E-state index >= 15 is 0 Å². The molecule has 0 fully saturated rings. The number of thioether (sulfide) groups is 1. The number of aryl methyl sites for hydroxylation is 1. The summed E-state index contributed by atoms with van der Waals surface area (Å²) in [5, 5.41) is 9.15. The second-order valence-corrected chi connectivity index (χ2v) is 9.99. The fourth-order valence-corrected chi connectivity index (χ4v) is 5.34. The topological polar surface area (TPSA) is 83.4 Å². The number of nitrogens with zero attached hydrogens (tertiary/aromatic N) is 3. The number of hydrogen-bond donors (Lipinski definition) is 1. The third kappa shape index (κ3) is 5.41. The average molecular weight is 517 g/mol. The Morgan fingerprint density at radius 3 is 2.57 bits per heavy atom. The van der Waals surface area contributed by atoms with Crippen molar-refractivity contribution in [1.29, 1.82) is 0 Å². The van der Waals surface area contributed by atoms with Crippen molar-refractivity contribution in [2.75, 3.05) is 12.4 Å². The molecular weight excluding hydrogens is 491 g/mol. The Morgan fingerprint density at radius 2 is 1.84 bits per heavy atom. The van der Waals surface area contributed by atoms with Crippen LogP contribution in [0.25, 0.3) is 0 Å². The molecule has 2 heterocycles. The van der Waals surface area contributed by atoms with Gasteiger partial charge in [-0.1, -0.05) is 65.9 Å². The minimum absolute atomic E-state index is 0.0356. The van der Waals surface area contributed by atoms with Gasteiger partial charge >= 0.3 is 0 Å². The van der Waals surface area contributed by atoms with E-state index in [1.54, 1.807) is 35.3 Å². The smallest absolute Gasteiger partial charge is 0.262 e. The van der Waals surface area contributed by atoms with Gasteiger partial charge in [0.15, 0.2) is 5.17 Å². The summed E-state index contributed by atoms with van der Waals surface area (Å²) >= 11 is 1.23. The number of anilines is 1. The first-order valence-electron chi connectivity index (χ1n) is 11.8. The van der Waals surface area contributed by atoms with Gasteiger partial charge < -0.3 is 10.1 Å². The van der Waals surface area contributed by atoms with Crippen molar-refractivity contribution >= 4 is 40.1 Å². The van der Waals surface area contributed by atoms with Crippen molar-refractivity contribution < 1.29 is 18.7 Å². The van der Waals surface area contributed by atoms with Crippen LogP contribution in [-0.2, 0) is 9.59 Å². The summed E-state index contributed by atoms with van der Waals surface area (Å²) in [7, 11) is 1.53. The molecule has 0 saturated carbocycles. The quantitative estimate of drug-likeness (QED) is 0.480. The number of carbonyl (C=O) groups excluding carboxylic acids is 2. The second kappa shape index (κ2) is 10.6. The molecule has 37 heavy (non-hydrogen) atoms. The fourth-order valence-electron chi connectivity index (χ4n) is 4.27. The van der Waals surface area contributed by atoms with E-state index in [0.717, 1.165) is 22.4 Å². The van der Waals surface area contributed by atoms with Gasteiger partial charge in [0, 0.05) is 12.8 Å². The molecule has 0 aliphatic carbocycles. The van der Waals surface area contributed by atoms with Crippen molar-refractivity contribution in [3.05, 3.63) is 95.3 Å². The van der Waals surface area contributed by atoms with Crippen LogP contribution in [-0.4, -0.2) is 40.1 Å². The van der Waals surface area contributed by atoms with Crippen molar-refractivity contribution in [3.8, 4) is 5.75 Å². The summed E-state index contributed by atoms with van der Waals surface area (Å²) in [6.07, 6.45) is 0.535. The van der Waals surface area contributed by atoms with Crippen LogP contribution in [0.1, 0.15) is 35.6 Å². The zero-order chi connectivity index (χ0) is 25.9. The first kappa shape index (κ1) is 24.7. The Morgan fingerprint density at radius 1 is 1.11 bits per heavy atom. The molecule has 0 aromatic heterocycles. The van der Waals surface area contributed by atoms with Crippen LogP contribution in [0.3, 0.4) is 0 Å². The van der Waals surface area contributed by atoms with Gasteiger partial charge in [-0.15, -0.1) is 0 Å². The molecule has 188 valence electrons. The molecule has 7 nitrogen and oxygen atoms in total. The second-order valence-electron chi connectivity index (χ2n) is 8.82. The largest absolute Gasteiger partial charge is 0.495 e. The summed E-state index contributed by atoms with van der Waals surface area (Å²) in [4.78, 5) is 29.8. The maximum absolute atomic E-state index is 13.5. The number of ether oxygens (including phenoxy) is 1. The lowest BCUT2D eigenvalue weighted by molar-refractivity contribution is -0.121. The molecule has 9 heteroatoms. The predicted octanol–water partition coefficient (Wildman–Crippen LogP) is 5.32. The van der Waals surface area contributed by atoms with Gasteiger partial charge in [0.2, 0.25) is 5.91 Å². The summed E-state index contributed by atoms with van der Waals surface area (Å²) < 4.78 is 18.8. The van der Waals surface area contributed by atoms with Gasteiger partial charge in [-0.2, -0.15) is 10.1 Å². The van der Waals surface area contributed by atoms with Crippen LogP contribution < -0.4 is 10.1 Å². The third-order valence-electron chi connectivity index (χ3n) is 6.23. The number of halogens is 1. The molecule has 0 saturated heterocycles. The average Bonchev–Trinajstić information content (AvgIpc) is 3.49. The third-order valence-corrected chi connectivity index (χ3v) is 7.37. The Balaban J connectivity index is 1.35. The number of nitrogens with one attached hydrogen (secondary N) is 1. The van der Waals surface area contributed by atoms with Crippen molar-refractivity contribution in [2.24, 2.45) is 10.1 Å². The van der Waals surface area contributed by atoms with E-state index in [9.17, 15) is 14.0 Å². The minimum Gasteiger partial charge on any atom is -0.495 e. The monoisotopic (exact) mass is 516 g/mol. The van der Waals surface area contributed by atoms with Crippen LogP contribution >= 0.6 is 11.8 Å². The number of rotatable bonds is 6. The summed E-state index contributed by atoms with van der Waals surface area (Å²) in [6, 6.07) is 21.3. The first-order valence-corrected chi connectivity index (χ1v) is 12.7. The molecule has 2 atom stereocenters. The zero-order valence-corrected chi connectivity index (χ0v) is 21.2. The molecule has 3 aromatic carbocycles. The first-order chi connectivity index (χ1) is 17.9. The number of benzene rings is 3. The maximum Gasteiger partial charge on any atom is 0.262 e. The van der Waals surface area contributed by atoms with Gasteiger partial charge in [-0.25, -0.2) is 9.40 Å². The molecule has 2 aliphatic heterocycles. The summed E-state index contributed by atoms with van der Waals surface area (Å²) in [5.74, 6) is -0.453. The van der Waals surface area contributed by atoms with E-state index < -0.39 is 5.25 Å². The van der Waals surface area contributed by atoms with Crippen LogP contribution in [0.5, 0.6) is 5.75 Å². The molecule has 3 aromatic rings. The number of methoxy groups -OCH3 is 1. The highest BCUT2D eigenvalue weighted by Gasteiger charge is 2.39. The number of amidine groups is 1. The van der Waals surface area contributed by atoms with Gasteiger partial charge in [0.25, 0.3) is 5.91 Å². The maximum atomic E-state index is 13.5. The molecule has 0 spiro atoms. The standard InChI is InChI=1S/C28H25FN4O3S/c1-17-7-9-19(10-8-17)23-15-22(18-11-13-20(29)14-12-18)32-33(23)28-31-27(35)25(37-28)16-26(34)30-21-5-3-4-6-24(21)36-2/h3-14,23,25H,15-16H2,1-2H3,(H,30,34). The molecule has 2 unspecified atom stereocenters. The van der Waals surface area contributed by atoms with E-state index in [1.807, 2.05) is 37.3 Å². The van der Waals surface area contributed by atoms with Crippen molar-refractivity contribution in [3.63, 3.8) is 0 Å². The van der Waals surface area contributed by atoms with Gasteiger partial charge in [0.05, 0.1) is 24.6 Å². The lowest BCUT2D eigenvalue weighted by Gasteiger charge is -2.23. The van der Waals surface area contributed by atoms with Gasteiger partial charge in [0.1, 0.15) is 16.8 Å². The summed E-state index contributed by atoms with van der Waals surface area (Å²) in [6.45, 7) is 2.02. The Kier molecular flexibility index (Phi) is 7.05. The molecule has 2 aliphatic rings. The number of hydrogen-bond acceptors (Lipinski definition) is 6.